The molecule has 0 unspecified atom stereocenters. The average Bonchev–Trinajstić information content (AvgIpc) is 3.25. The molecule has 2 aromatic heterocycles. The summed E-state index contributed by atoms with van der Waals surface area (Å²) < 4.78 is 79.2. The molecule has 1 aliphatic heterocycles. The summed E-state index contributed by atoms with van der Waals surface area (Å²) in [4.78, 5) is 6.42. The molecule has 176 valence electrons. The van der Waals surface area contributed by atoms with Crippen LogP contribution in [-0.2, 0) is 22.6 Å². The standard InChI is InChI=1S/C21H18ClF4N3O2S2/c22-18-11-14(21(24,25)26)13-27-19(18)12-17-5-6-20(32-17)33(30,31)29-9-7-28(8-10-29)16-3-1-15(23)2-4-16/h1-6,11,13H,7-10,12H2. The van der Waals surface area contributed by atoms with Crippen molar-refractivity contribution in [3.05, 3.63) is 75.6 Å². The molecule has 0 spiro atoms. The topological polar surface area (TPSA) is 53.5 Å². The van der Waals surface area contributed by atoms with Gasteiger partial charge in [-0.2, -0.15) is 17.5 Å². The van der Waals surface area contributed by atoms with Crippen LogP contribution in [0.5, 0.6) is 0 Å². The molecule has 0 radical (unpaired) electrons. The minimum Gasteiger partial charge on any atom is -0.369 e. The van der Waals surface area contributed by atoms with E-state index in [4.69, 9.17) is 11.6 Å². The van der Waals surface area contributed by atoms with Crippen molar-refractivity contribution < 1.29 is 26.0 Å². The molecule has 0 aliphatic carbocycles. The highest BCUT2D eigenvalue weighted by Gasteiger charge is 2.32. The molecule has 4 rings (SSSR count). The minimum atomic E-state index is -4.54. The maximum absolute atomic E-state index is 13.1. The van der Waals surface area contributed by atoms with Gasteiger partial charge in [-0.3, -0.25) is 4.98 Å². The summed E-state index contributed by atoms with van der Waals surface area (Å²) in [5.41, 5.74) is 0.127. The highest BCUT2D eigenvalue weighted by Crippen LogP contribution is 2.33. The van der Waals surface area contributed by atoms with E-state index in [-0.39, 0.29) is 40.3 Å². The number of alkyl halides is 3. The Labute approximate surface area is 197 Å². The molecule has 0 N–H and O–H groups in total. The van der Waals surface area contributed by atoms with Gasteiger partial charge in [0.15, 0.2) is 0 Å². The van der Waals surface area contributed by atoms with Crippen LogP contribution in [-0.4, -0.2) is 43.9 Å². The first-order chi connectivity index (χ1) is 15.5. The number of halogens is 5. The molecule has 1 fully saturated rings. The fourth-order valence-corrected chi connectivity index (χ4v) is 6.64. The van der Waals surface area contributed by atoms with Crippen molar-refractivity contribution in [2.75, 3.05) is 31.1 Å². The number of piperazine rings is 1. The van der Waals surface area contributed by atoms with E-state index in [0.29, 0.717) is 24.2 Å². The van der Waals surface area contributed by atoms with Crippen molar-refractivity contribution in [1.82, 2.24) is 9.29 Å². The Hall–Kier alpha value is -2.21. The lowest BCUT2D eigenvalue weighted by atomic mass is 10.2. The molecule has 1 aromatic carbocycles. The Bertz CT molecular complexity index is 1240. The lowest BCUT2D eigenvalue weighted by Crippen LogP contribution is -2.48. The summed E-state index contributed by atoms with van der Waals surface area (Å²) in [6, 6.07) is 9.96. The van der Waals surface area contributed by atoms with E-state index < -0.39 is 21.8 Å². The van der Waals surface area contributed by atoms with Gasteiger partial charge in [-0.15, -0.1) is 11.3 Å². The van der Waals surface area contributed by atoms with Crippen LogP contribution < -0.4 is 4.90 Å². The number of sulfonamides is 1. The Morgan fingerprint density at radius 2 is 1.70 bits per heavy atom. The van der Waals surface area contributed by atoms with E-state index in [0.717, 1.165) is 23.1 Å². The second-order valence-corrected chi connectivity index (χ2v) is 11.2. The van der Waals surface area contributed by atoms with Crippen molar-refractivity contribution >= 4 is 38.6 Å². The number of anilines is 1. The second-order valence-electron chi connectivity index (χ2n) is 7.42. The smallest absolute Gasteiger partial charge is 0.369 e. The van der Waals surface area contributed by atoms with Gasteiger partial charge < -0.3 is 4.90 Å². The summed E-state index contributed by atoms with van der Waals surface area (Å²) in [7, 11) is -3.72. The van der Waals surface area contributed by atoms with Crippen LogP contribution in [0.1, 0.15) is 16.1 Å². The normalized spacial score (nSPS) is 15.7. The van der Waals surface area contributed by atoms with Crippen LogP contribution >= 0.6 is 22.9 Å². The molecule has 0 saturated carbocycles. The number of benzene rings is 1. The fourth-order valence-electron chi connectivity index (χ4n) is 3.47. The van der Waals surface area contributed by atoms with Crippen LogP contribution in [0.4, 0.5) is 23.2 Å². The summed E-state index contributed by atoms with van der Waals surface area (Å²) in [5, 5.41) is -0.125. The molecule has 3 aromatic rings. The predicted octanol–water partition coefficient (Wildman–Crippen LogP) is 5.06. The van der Waals surface area contributed by atoms with Crippen LogP contribution in [0.2, 0.25) is 5.02 Å². The number of thiophene rings is 1. The van der Waals surface area contributed by atoms with Gasteiger partial charge in [-0.25, -0.2) is 12.8 Å². The van der Waals surface area contributed by atoms with Gasteiger partial charge in [-0.1, -0.05) is 11.6 Å². The monoisotopic (exact) mass is 519 g/mol. The predicted molar refractivity (Wildman–Crippen MR) is 119 cm³/mol. The third kappa shape index (κ3) is 5.32. The van der Waals surface area contributed by atoms with Crippen molar-refractivity contribution in [2.24, 2.45) is 0 Å². The van der Waals surface area contributed by atoms with Gasteiger partial charge >= 0.3 is 6.18 Å². The number of nitrogens with zero attached hydrogens (tertiary/aromatic N) is 3. The Kier molecular flexibility index (Phi) is 6.68. The lowest BCUT2D eigenvalue weighted by molar-refractivity contribution is -0.137. The summed E-state index contributed by atoms with van der Waals surface area (Å²) in [6.45, 7) is 1.49. The molecule has 0 atom stereocenters. The third-order valence-corrected chi connectivity index (χ3v) is 9.03. The molecule has 0 amide bonds. The first-order valence-electron chi connectivity index (χ1n) is 9.85. The zero-order chi connectivity index (χ0) is 23.8. The minimum absolute atomic E-state index is 0.121. The molecule has 33 heavy (non-hydrogen) atoms. The summed E-state index contributed by atoms with van der Waals surface area (Å²) >= 11 is 7.01. The van der Waals surface area contributed by atoms with Crippen molar-refractivity contribution in [1.29, 1.82) is 0 Å². The van der Waals surface area contributed by atoms with Crippen molar-refractivity contribution in [3.8, 4) is 0 Å². The lowest BCUT2D eigenvalue weighted by Gasteiger charge is -2.35. The fraction of sp³-hybridized carbons (Fsp3) is 0.286. The summed E-state index contributed by atoms with van der Waals surface area (Å²) in [5.74, 6) is -0.332. The van der Waals surface area contributed by atoms with Crippen LogP contribution in [0, 0.1) is 5.82 Å². The number of pyridine rings is 1. The molecule has 12 heteroatoms. The van der Waals surface area contributed by atoms with E-state index in [1.54, 1.807) is 18.2 Å². The Balaban J connectivity index is 1.43. The van der Waals surface area contributed by atoms with Gasteiger partial charge in [0, 0.05) is 49.4 Å². The first kappa shape index (κ1) is 23.9. The quantitative estimate of drug-likeness (QED) is 0.442. The molecule has 5 nitrogen and oxygen atoms in total. The maximum Gasteiger partial charge on any atom is 0.417 e. The van der Waals surface area contributed by atoms with Gasteiger partial charge in [-0.05, 0) is 42.5 Å². The van der Waals surface area contributed by atoms with E-state index in [9.17, 15) is 26.0 Å². The number of hydrogen-bond acceptors (Lipinski definition) is 5. The van der Waals surface area contributed by atoms with E-state index in [2.05, 4.69) is 4.98 Å². The Morgan fingerprint density at radius 3 is 2.30 bits per heavy atom. The van der Waals surface area contributed by atoms with Gasteiger partial charge in [0.25, 0.3) is 10.0 Å². The number of hydrogen-bond donors (Lipinski definition) is 0. The average molecular weight is 520 g/mol. The molecule has 0 bridgehead atoms. The zero-order valence-electron chi connectivity index (χ0n) is 17.0. The van der Waals surface area contributed by atoms with Gasteiger partial charge in [0.2, 0.25) is 0 Å². The number of rotatable bonds is 5. The second kappa shape index (κ2) is 9.21. The SMILES string of the molecule is O=S(=O)(c1ccc(Cc2ncc(C(F)(F)F)cc2Cl)s1)N1CCN(c2ccc(F)cc2)CC1. The van der Waals surface area contributed by atoms with E-state index in [1.807, 2.05) is 4.90 Å². The molecular weight excluding hydrogens is 502 g/mol. The molecule has 1 aliphatic rings. The molecule has 3 heterocycles. The highest BCUT2D eigenvalue weighted by atomic mass is 35.5. The van der Waals surface area contributed by atoms with Gasteiger partial charge in [0.05, 0.1) is 16.3 Å². The van der Waals surface area contributed by atoms with Crippen LogP contribution in [0.25, 0.3) is 0 Å². The highest BCUT2D eigenvalue weighted by molar-refractivity contribution is 7.91. The zero-order valence-corrected chi connectivity index (χ0v) is 19.4. The van der Waals surface area contributed by atoms with Crippen molar-refractivity contribution in [2.45, 2.75) is 16.8 Å². The molecule has 1 saturated heterocycles. The molecular formula is C21H18ClF4N3O2S2. The van der Waals surface area contributed by atoms with Crippen LogP contribution in [0.3, 0.4) is 0 Å². The Morgan fingerprint density at radius 1 is 1.03 bits per heavy atom. The number of aromatic nitrogens is 1. The van der Waals surface area contributed by atoms with Crippen molar-refractivity contribution in [3.63, 3.8) is 0 Å². The first-order valence-corrected chi connectivity index (χ1v) is 12.5. The maximum atomic E-state index is 13.1. The van der Waals surface area contributed by atoms with E-state index >= 15 is 0 Å². The summed E-state index contributed by atoms with van der Waals surface area (Å²) in [6.07, 6.45) is -3.71. The largest absolute Gasteiger partial charge is 0.417 e. The van der Waals surface area contributed by atoms with E-state index in [1.165, 1.54) is 22.5 Å². The van der Waals surface area contributed by atoms with Gasteiger partial charge in [0.1, 0.15) is 10.0 Å². The van der Waals surface area contributed by atoms with Crippen LogP contribution in [0.15, 0.2) is 52.9 Å². The third-order valence-electron chi connectivity index (χ3n) is 5.25.